The van der Waals surface area contributed by atoms with Crippen molar-refractivity contribution in [3.05, 3.63) is 36.4 Å². The summed E-state index contributed by atoms with van der Waals surface area (Å²) < 4.78 is 37.0. The van der Waals surface area contributed by atoms with E-state index >= 15 is 0 Å². The monoisotopic (exact) mass is 351 g/mol. The maximum atomic E-state index is 12.5. The Hall–Kier alpha value is -1.70. The zero-order valence-corrected chi connectivity index (χ0v) is 14.2. The fourth-order valence-corrected chi connectivity index (χ4v) is 4.23. The minimum Gasteiger partial charge on any atom is -0.426 e. The summed E-state index contributed by atoms with van der Waals surface area (Å²) in [5.74, 6) is -0.00891. The Balaban J connectivity index is 1.66. The molecule has 0 saturated carbocycles. The van der Waals surface area contributed by atoms with Crippen LogP contribution in [-0.2, 0) is 19.6 Å². The number of esters is 1. The van der Waals surface area contributed by atoms with Crippen LogP contribution in [0.1, 0.15) is 19.3 Å². The van der Waals surface area contributed by atoms with Crippen molar-refractivity contribution in [2.24, 2.45) is 5.92 Å². The zero-order chi connectivity index (χ0) is 17.0. The molecule has 2 aliphatic rings. The summed E-state index contributed by atoms with van der Waals surface area (Å²) in [6.07, 6.45) is 6.43. The molecule has 0 aromatic heterocycles. The molecule has 1 saturated heterocycles. The molecule has 1 aromatic carbocycles. The lowest BCUT2D eigenvalue weighted by molar-refractivity contribution is -0.139. The third-order valence-corrected chi connectivity index (χ3v) is 6.17. The van der Waals surface area contributed by atoms with Crippen LogP contribution in [0.15, 0.2) is 41.3 Å². The highest BCUT2D eigenvalue weighted by Crippen LogP contribution is 2.23. The van der Waals surface area contributed by atoms with E-state index in [1.807, 2.05) is 6.08 Å². The molecule has 24 heavy (non-hydrogen) atoms. The molecular weight excluding hydrogens is 330 g/mol. The zero-order valence-electron chi connectivity index (χ0n) is 13.4. The highest BCUT2D eigenvalue weighted by molar-refractivity contribution is 7.89. The number of allylic oxidation sites excluding steroid dienone is 2. The highest BCUT2D eigenvalue weighted by atomic mass is 32.2. The maximum absolute atomic E-state index is 12.5. The average Bonchev–Trinajstić information content (AvgIpc) is 2.63. The fraction of sp³-hybridized carbons (Fsp3) is 0.471. The number of carbonyl (C=O) groups excluding carboxylic acids is 1. The van der Waals surface area contributed by atoms with Crippen LogP contribution < -0.4 is 4.74 Å². The normalized spacial score (nSPS) is 22.2. The van der Waals surface area contributed by atoms with Crippen molar-refractivity contribution in [2.45, 2.75) is 24.2 Å². The highest BCUT2D eigenvalue weighted by Gasteiger charge is 2.26. The molecule has 1 heterocycles. The molecule has 0 N–H and O–H groups in total. The number of benzene rings is 1. The van der Waals surface area contributed by atoms with Gasteiger partial charge in [0, 0.05) is 13.1 Å². The molecule has 6 nitrogen and oxygen atoms in total. The van der Waals surface area contributed by atoms with Gasteiger partial charge in [-0.3, -0.25) is 4.79 Å². The van der Waals surface area contributed by atoms with E-state index in [2.05, 4.69) is 6.08 Å². The van der Waals surface area contributed by atoms with Crippen LogP contribution in [0.25, 0.3) is 0 Å². The van der Waals surface area contributed by atoms with Crippen LogP contribution in [0.4, 0.5) is 0 Å². The third-order valence-electron chi connectivity index (χ3n) is 4.25. The number of morpholine rings is 1. The molecule has 0 spiro atoms. The topological polar surface area (TPSA) is 72.9 Å². The SMILES string of the molecule is O=C(Oc1ccc(S(=O)(=O)N2CCOCC2)cc1)C1CC=CCC1. The van der Waals surface area contributed by atoms with Crippen LogP contribution in [0, 0.1) is 5.92 Å². The van der Waals surface area contributed by atoms with Gasteiger partial charge in [0.2, 0.25) is 10.0 Å². The number of hydrogen-bond donors (Lipinski definition) is 0. The molecule has 0 bridgehead atoms. The molecule has 0 amide bonds. The Kier molecular flexibility index (Phi) is 5.33. The van der Waals surface area contributed by atoms with E-state index in [1.54, 1.807) is 0 Å². The van der Waals surface area contributed by atoms with Crippen LogP contribution in [0.2, 0.25) is 0 Å². The molecule has 130 valence electrons. The fourth-order valence-electron chi connectivity index (χ4n) is 2.82. The standard InChI is InChI=1S/C17H21NO5S/c19-17(14-4-2-1-3-5-14)23-15-6-8-16(9-7-15)24(20,21)18-10-12-22-13-11-18/h1-2,6-9,14H,3-5,10-13H2. The van der Waals surface area contributed by atoms with E-state index in [4.69, 9.17) is 9.47 Å². The molecule has 1 aliphatic heterocycles. The lowest BCUT2D eigenvalue weighted by atomic mass is 9.95. The number of carbonyl (C=O) groups is 1. The Morgan fingerprint density at radius 3 is 2.46 bits per heavy atom. The number of sulfonamides is 1. The first-order chi connectivity index (χ1) is 11.6. The number of hydrogen-bond acceptors (Lipinski definition) is 5. The number of rotatable bonds is 4. The van der Waals surface area contributed by atoms with Gasteiger partial charge in [-0.05, 0) is 43.5 Å². The Labute approximate surface area is 142 Å². The van der Waals surface area contributed by atoms with Crippen LogP contribution >= 0.6 is 0 Å². The van der Waals surface area contributed by atoms with Crippen molar-refractivity contribution in [1.82, 2.24) is 4.31 Å². The van der Waals surface area contributed by atoms with Gasteiger partial charge in [0.05, 0.1) is 24.0 Å². The second kappa shape index (κ2) is 7.46. The summed E-state index contributed by atoms with van der Waals surface area (Å²) in [7, 11) is -3.52. The minimum atomic E-state index is -3.52. The van der Waals surface area contributed by atoms with Gasteiger partial charge in [-0.1, -0.05) is 12.2 Å². The van der Waals surface area contributed by atoms with E-state index < -0.39 is 10.0 Å². The van der Waals surface area contributed by atoms with Gasteiger partial charge in [-0.15, -0.1) is 0 Å². The predicted molar refractivity (Wildman–Crippen MR) is 88.1 cm³/mol. The molecular formula is C17H21NO5S. The van der Waals surface area contributed by atoms with Gasteiger partial charge in [-0.2, -0.15) is 4.31 Å². The maximum Gasteiger partial charge on any atom is 0.314 e. The Bertz CT molecular complexity index is 705. The molecule has 0 radical (unpaired) electrons. The first kappa shape index (κ1) is 17.1. The van der Waals surface area contributed by atoms with Crippen molar-refractivity contribution in [3.63, 3.8) is 0 Å². The van der Waals surface area contributed by atoms with E-state index in [0.717, 1.165) is 12.8 Å². The van der Waals surface area contributed by atoms with Gasteiger partial charge >= 0.3 is 5.97 Å². The molecule has 3 rings (SSSR count). The van der Waals surface area contributed by atoms with Crippen molar-refractivity contribution >= 4 is 16.0 Å². The molecule has 7 heteroatoms. The second-order valence-corrected chi connectivity index (χ2v) is 7.83. The van der Waals surface area contributed by atoms with Crippen LogP contribution in [0.5, 0.6) is 5.75 Å². The number of nitrogens with zero attached hydrogens (tertiary/aromatic N) is 1. The largest absolute Gasteiger partial charge is 0.426 e. The Morgan fingerprint density at radius 1 is 1.12 bits per heavy atom. The predicted octanol–water partition coefficient (Wildman–Crippen LogP) is 1.97. The smallest absolute Gasteiger partial charge is 0.314 e. The van der Waals surface area contributed by atoms with Gasteiger partial charge in [0.15, 0.2) is 0 Å². The summed E-state index contributed by atoms with van der Waals surface area (Å²) in [5.41, 5.74) is 0. The van der Waals surface area contributed by atoms with E-state index in [9.17, 15) is 13.2 Å². The average molecular weight is 351 g/mol. The summed E-state index contributed by atoms with van der Waals surface area (Å²) in [6.45, 7) is 1.53. The second-order valence-electron chi connectivity index (χ2n) is 5.89. The first-order valence-corrected chi connectivity index (χ1v) is 9.56. The third kappa shape index (κ3) is 3.85. The first-order valence-electron chi connectivity index (χ1n) is 8.12. The van der Waals surface area contributed by atoms with E-state index in [0.29, 0.717) is 38.5 Å². The van der Waals surface area contributed by atoms with Crippen molar-refractivity contribution in [3.8, 4) is 5.75 Å². The quantitative estimate of drug-likeness (QED) is 0.471. The van der Waals surface area contributed by atoms with Crippen LogP contribution in [-0.4, -0.2) is 45.0 Å². The molecule has 1 aromatic rings. The summed E-state index contributed by atoms with van der Waals surface area (Å²) >= 11 is 0. The summed E-state index contributed by atoms with van der Waals surface area (Å²) in [4.78, 5) is 12.3. The minimum absolute atomic E-state index is 0.119. The number of ether oxygens (including phenoxy) is 2. The van der Waals surface area contributed by atoms with Gasteiger partial charge in [0.25, 0.3) is 0 Å². The lowest BCUT2D eigenvalue weighted by Gasteiger charge is -2.26. The molecule has 1 aliphatic carbocycles. The summed E-state index contributed by atoms with van der Waals surface area (Å²) in [6, 6.07) is 6.02. The van der Waals surface area contributed by atoms with Crippen molar-refractivity contribution < 1.29 is 22.7 Å². The molecule has 1 unspecified atom stereocenters. The van der Waals surface area contributed by atoms with Gasteiger partial charge in [-0.25, -0.2) is 8.42 Å². The van der Waals surface area contributed by atoms with Crippen molar-refractivity contribution in [1.29, 1.82) is 0 Å². The van der Waals surface area contributed by atoms with Crippen molar-refractivity contribution in [2.75, 3.05) is 26.3 Å². The summed E-state index contributed by atoms with van der Waals surface area (Å²) in [5, 5.41) is 0. The van der Waals surface area contributed by atoms with E-state index in [1.165, 1.54) is 28.6 Å². The van der Waals surface area contributed by atoms with Gasteiger partial charge < -0.3 is 9.47 Å². The molecule has 1 fully saturated rings. The Morgan fingerprint density at radius 2 is 1.83 bits per heavy atom. The lowest BCUT2D eigenvalue weighted by Crippen LogP contribution is -2.40. The van der Waals surface area contributed by atoms with Gasteiger partial charge in [0.1, 0.15) is 5.75 Å². The molecule has 1 atom stereocenters. The van der Waals surface area contributed by atoms with Crippen LogP contribution in [0.3, 0.4) is 0 Å². The van der Waals surface area contributed by atoms with E-state index in [-0.39, 0.29) is 16.8 Å².